The molecule has 2 heterocycles. The Morgan fingerprint density at radius 2 is 1.72 bits per heavy atom. The van der Waals surface area contributed by atoms with E-state index in [2.05, 4.69) is 33.8 Å². The molecule has 1 aliphatic carbocycles. The van der Waals surface area contributed by atoms with Gasteiger partial charge in [0.25, 0.3) is 0 Å². The number of morpholine rings is 1. The summed E-state index contributed by atoms with van der Waals surface area (Å²) in [7, 11) is 0. The number of hydrogen-bond acceptors (Lipinski definition) is 3. The number of amides is 2. The number of piperidine rings is 1. The van der Waals surface area contributed by atoms with Gasteiger partial charge in [0.15, 0.2) is 0 Å². The molecule has 2 saturated heterocycles. The Hall–Kier alpha value is -1.36. The second-order valence-corrected chi connectivity index (χ2v) is 8.63. The first-order valence-electron chi connectivity index (χ1n) is 9.62. The Balaban J connectivity index is 1.62. The summed E-state index contributed by atoms with van der Waals surface area (Å²) in [5.41, 5.74) is 1.31. The Bertz CT molecular complexity index is 559. The SMILES string of the molecule is CC(C)=C[C@@H]1[C@@H](C(=O)N2CCC[C@@H](C(=O)N3CCOCC3)C2)C1(C)C. The third-order valence-electron chi connectivity index (χ3n) is 6.09. The fraction of sp³-hybridized carbons (Fsp3) is 0.800. The summed E-state index contributed by atoms with van der Waals surface area (Å²) in [6.45, 7) is 12.5. The average molecular weight is 348 g/mol. The summed E-state index contributed by atoms with van der Waals surface area (Å²) < 4.78 is 5.34. The lowest BCUT2D eigenvalue weighted by molar-refractivity contribution is -0.144. The van der Waals surface area contributed by atoms with E-state index in [0.717, 1.165) is 19.4 Å². The lowest BCUT2D eigenvalue weighted by atomic mass is 9.95. The summed E-state index contributed by atoms with van der Waals surface area (Å²) in [4.78, 5) is 29.7. The van der Waals surface area contributed by atoms with Gasteiger partial charge in [0.2, 0.25) is 11.8 Å². The third-order valence-corrected chi connectivity index (χ3v) is 6.09. The highest BCUT2D eigenvalue weighted by molar-refractivity contribution is 5.85. The van der Waals surface area contributed by atoms with Crippen LogP contribution in [-0.2, 0) is 14.3 Å². The normalized spacial score (nSPS) is 31.4. The molecule has 0 unspecified atom stereocenters. The summed E-state index contributed by atoms with van der Waals surface area (Å²) in [5.74, 6) is 0.809. The van der Waals surface area contributed by atoms with Crippen molar-refractivity contribution in [3.05, 3.63) is 11.6 Å². The van der Waals surface area contributed by atoms with Crippen molar-refractivity contribution in [1.82, 2.24) is 9.80 Å². The molecule has 25 heavy (non-hydrogen) atoms. The van der Waals surface area contributed by atoms with E-state index in [4.69, 9.17) is 4.74 Å². The van der Waals surface area contributed by atoms with E-state index in [0.29, 0.717) is 38.8 Å². The van der Waals surface area contributed by atoms with E-state index in [1.807, 2.05) is 9.80 Å². The largest absolute Gasteiger partial charge is 0.378 e. The van der Waals surface area contributed by atoms with Crippen LogP contribution in [0.15, 0.2) is 11.6 Å². The number of ether oxygens (including phenoxy) is 1. The maximum atomic E-state index is 13.1. The minimum Gasteiger partial charge on any atom is -0.378 e. The molecule has 0 N–H and O–H groups in total. The van der Waals surface area contributed by atoms with Gasteiger partial charge in [0.05, 0.1) is 25.0 Å². The van der Waals surface area contributed by atoms with E-state index in [1.54, 1.807) is 0 Å². The van der Waals surface area contributed by atoms with Gasteiger partial charge in [0.1, 0.15) is 0 Å². The summed E-state index contributed by atoms with van der Waals surface area (Å²) >= 11 is 0. The van der Waals surface area contributed by atoms with Crippen molar-refractivity contribution in [2.45, 2.75) is 40.5 Å². The molecule has 5 heteroatoms. The van der Waals surface area contributed by atoms with Crippen molar-refractivity contribution in [2.75, 3.05) is 39.4 Å². The number of likely N-dealkylation sites (tertiary alicyclic amines) is 1. The van der Waals surface area contributed by atoms with Gasteiger partial charge in [-0.3, -0.25) is 9.59 Å². The van der Waals surface area contributed by atoms with Crippen LogP contribution in [0.4, 0.5) is 0 Å². The summed E-state index contributed by atoms with van der Waals surface area (Å²) in [6, 6.07) is 0. The van der Waals surface area contributed by atoms with Gasteiger partial charge in [0, 0.05) is 26.2 Å². The van der Waals surface area contributed by atoms with Crippen molar-refractivity contribution in [1.29, 1.82) is 0 Å². The highest BCUT2D eigenvalue weighted by atomic mass is 16.5. The summed E-state index contributed by atoms with van der Waals surface area (Å²) in [5, 5.41) is 0. The first-order valence-corrected chi connectivity index (χ1v) is 9.62. The van der Waals surface area contributed by atoms with Crippen LogP contribution in [0.1, 0.15) is 40.5 Å². The molecule has 3 rings (SSSR count). The molecule has 2 aliphatic heterocycles. The number of nitrogens with zero attached hydrogens (tertiary/aromatic N) is 2. The molecular weight excluding hydrogens is 316 g/mol. The average Bonchev–Trinajstić information content (AvgIpc) is 3.13. The molecule has 1 saturated carbocycles. The fourth-order valence-electron chi connectivity index (χ4n) is 4.44. The van der Waals surface area contributed by atoms with Crippen LogP contribution in [-0.4, -0.2) is 61.0 Å². The van der Waals surface area contributed by atoms with Crippen molar-refractivity contribution in [3.63, 3.8) is 0 Å². The molecule has 140 valence electrons. The Morgan fingerprint density at radius 1 is 1.04 bits per heavy atom. The van der Waals surface area contributed by atoms with E-state index in [1.165, 1.54) is 5.57 Å². The zero-order valence-electron chi connectivity index (χ0n) is 16.1. The highest BCUT2D eigenvalue weighted by Crippen LogP contribution is 2.60. The second kappa shape index (κ2) is 7.10. The minimum atomic E-state index is -0.0421. The second-order valence-electron chi connectivity index (χ2n) is 8.63. The predicted molar refractivity (Wildman–Crippen MR) is 96.9 cm³/mol. The molecule has 3 atom stereocenters. The summed E-state index contributed by atoms with van der Waals surface area (Å²) in [6.07, 6.45) is 4.06. The predicted octanol–water partition coefficient (Wildman–Crippen LogP) is 2.32. The van der Waals surface area contributed by atoms with E-state index < -0.39 is 0 Å². The molecule has 2 amide bonds. The van der Waals surface area contributed by atoms with Crippen LogP contribution in [0, 0.1) is 23.2 Å². The topological polar surface area (TPSA) is 49.9 Å². The molecule has 5 nitrogen and oxygen atoms in total. The Kier molecular flexibility index (Phi) is 5.24. The van der Waals surface area contributed by atoms with Gasteiger partial charge in [-0.05, 0) is 38.0 Å². The molecule has 3 fully saturated rings. The van der Waals surface area contributed by atoms with Crippen LogP contribution in [0.3, 0.4) is 0 Å². The number of carbonyl (C=O) groups is 2. The van der Waals surface area contributed by atoms with Gasteiger partial charge >= 0.3 is 0 Å². The Morgan fingerprint density at radius 3 is 2.36 bits per heavy atom. The monoisotopic (exact) mass is 348 g/mol. The van der Waals surface area contributed by atoms with Gasteiger partial charge in [-0.15, -0.1) is 0 Å². The molecule has 0 spiro atoms. The van der Waals surface area contributed by atoms with Crippen LogP contribution in [0.25, 0.3) is 0 Å². The highest BCUT2D eigenvalue weighted by Gasteiger charge is 2.61. The van der Waals surface area contributed by atoms with E-state index >= 15 is 0 Å². The van der Waals surface area contributed by atoms with E-state index in [-0.39, 0.29) is 29.1 Å². The quantitative estimate of drug-likeness (QED) is 0.736. The zero-order chi connectivity index (χ0) is 18.2. The van der Waals surface area contributed by atoms with Crippen molar-refractivity contribution in [2.24, 2.45) is 23.2 Å². The molecule has 0 aromatic rings. The van der Waals surface area contributed by atoms with Crippen molar-refractivity contribution < 1.29 is 14.3 Å². The number of carbonyl (C=O) groups excluding carboxylic acids is 2. The molecule has 0 radical (unpaired) electrons. The molecule has 0 aromatic carbocycles. The lowest BCUT2D eigenvalue weighted by Crippen LogP contribution is -2.50. The maximum Gasteiger partial charge on any atom is 0.227 e. The zero-order valence-corrected chi connectivity index (χ0v) is 16.1. The van der Waals surface area contributed by atoms with Crippen molar-refractivity contribution in [3.8, 4) is 0 Å². The van der Waals surface area contributed by atoms with Gasteiger partial charge in [-0.1, -0.05) is 25.5 Å². The smallest absolute Gasteiger partial charge is 0.227 e. The number of allylic oxidation sites excluding steroid dienone is 2. The number of rotatable bonds is 3. The minimum absolute atomic E-state index is 0.0372. The van der Waals surface area contributed by atoms with Crippen molar-refractivity contribution >= 4 is 11.8 Å². The van der Waals surface area contributed by atoms with Gasteiger partial charge in [-0.25, -0.2) is 0 Å². The fourth-order valence-corrected chi connectivity index (χ4v) is 4.44. The molecule has 0 bridgehead atoms. The van der Waals surface area contributed by atoms with Gasteiger partial charge in [-0.2, -0.15) is 0 Å². The lowest BCUT2D eigenvalue weighted by Gasteiger charge is -2.36. The standard InChI is InChI=1S/C20H32N2O3/c1-14(2)12-16-17(20(16,3)4)19(24)22-7-5-6-15(13-22)18(23)21-8-10-25-11-9-21/h12,15-17H,5-11,13H2,1-4H3/t15-,16-,17+/m1/s1. The van der Waals surface area contributed by atoms with Crippen LogP contribution >= 0.6 is 0 Å². The van der Waals surface area contributed by atoms with E-state index in [9.17, 15) is 9.59 Å². The third kappa shape index (κ3) is 3.76. The Labute approximate surface area is 151 Å². The van der Waals surface area contributed by atoms with Gasteiger partial charge < -0.3 is 14.5 Å². The number of hydrogen-bond donors (Lipinski definition) is 0. The first kappa shape index (κ1) is 18.4. The maximum absolute atomic E-state index is 13.1. The molecular formula is C20H32N2O3. The van der Waals surface area contributed by atoms with Crippen LogP contribution in [0.2, 0.25) is 0 Å². The molecule has 0 aromatic heterocycles. The first-order chi connectivity index (χ1) is 11.8. The van der Waals surface area contributed by atoms with Crippen LogP contribution < -0.4 is 0 Å². The molecule has 3 aliphatic rings. The van der Waals surface area contributed by atoms with Crippen LogP contribution in [0.5, 0.6) is 0 Å².